The lowest BCUT2D eigenvalue weighted by atomic mass is 10.1. The Hall–Kier alpha value is -2.69. The first kappa shape index (κ1) is 14.7. The van der Waals surface area contributed by atoms with Crippen LogP contribution in [0.15, 0.2) is 42.5 Å². The summed E-state index contributed by atoms with van der Waals surface area (Å²) in [6.07, 6.45) is 0. The lowest BCUT2D eigenvalue weighted by Gasteiger charge is -2.19. The summed E-state index contributed by atoms with van der Waals surface area (Å²) in [6.45, 7) is 1.69. The van der Waals surface area contributed by atoms with Gasteiger partial charge in [-0.3, -0.25) is 4.79 Å². The highest BCUT2D eigenvalue weighted by molar-refractivity contribution is 6.09. The lowest BCUT2D eigenvalue weighted by molar-refractivity contribution is 0.0697. The van der Waals surface area contributed by atoms with E-state index < -0.39 is 17.7 Å². The Morgan fingerprint density at radius 2 is 1.81 bits per heavy atom. The first-order valence-corrected chi connectivity index (χ1v) is 6.27. The van der Waals surface area contributed by atoms with Crippen LogP contribution in [-0.2, 0) is 0 Å². The van der Waals surface area contributed by atoms with Gasteiger partial charge in [0.2, 0.25) is 0 Å². The summed E-state index contributed by atoms with van der Waals surface area (Å²) in [5.74, 6) is -2.09. The van der Waals surface area contributed by atoms with Crippen molar-refractivity contribution in [1.82, 2.24) is 0 Å². The van der Waals surface area contributed by atoms with Gasteiger partial charge in [0.1, 0.15) is 5.82 Å². The van der Waals surface area contributed by atoms with E-state index in [0.717, 1.165) is 6.07 Å². The van der Waals surface area contributed by atoms with Crippen molar-refractivity contribution < 1.29 is 19.1 Å². The molecule has 5 heteroatoms. The maximum atomic E-state index is 13.4. The number of carboxylic acids is 1. The predicted molar refractivity (Wildman–Crippen MR) is 77.3 cm³/mol. The van der Waals surface area contributed by atoms with Crippen molar-refractivity contribution in [1.29, 1.82) is 0 Å². The number of anilines is 1. The Labute approximate surface area is 121 Å². The Morgan fingerprint density at radius 1 is 1.14 bits per heavy atom. The van der Waals surface area contributed by atoms with Crippen LogP contribution >= 0.6 is 0 Å². The molecule has 0 fully saturated rings. The van der Waals surface area contributed by atoms with E-state index in [1.165, 1.54) is 30.1 Å². The number of hydrogen-bond acceptors (Lipinski definition) is 2. The van der Waals surface area contributed by atoms with Crippen molar-refractivity contribution in [3.05, 3.63) is 65.0 Å². The molecule has 4 nitrogen and oxygen atoms in total. The molecule has 0 atom stereocenters. The largest absolute Gasteiger partial charge is 0.478 e. The van der Waals surface area contributed by atoms with Crippen LogP contribution < -0.4 is 4.90 Å². The number of aromatic carboxylic acids is 1. The van der Waals surface area contributed by atoms with Gasteiger partial charge in [-0.25, -0.2) is 9.18 Å². The summed E-state index contributed by atoms with van der Waals surface area (Å²) >= 11 is 0. The molecule has 2 rings (SSSR count). The minimum absolute atomic E-state index is 0.0153. The number of para-hydroxylation sites is 1. The van der Waals surface area contributed by atoms with E-state index in [4.69, 9.17) is 5.11 Å². The number of amides is 1. The van der Waals surface area contributed by atoms with Gasteiger partial charge in [-0.15, -0.1) is 0 Å². The third-order valence-electron chi connectivity index (χ3n) is 3.09. The quantitative estimate of drug-likeness (QED) is 0.943. The van der Waals surface area contributed by atoms with E-state index in [-0.39, 0.29) is 16.8 Å². The van der Waals surface area contributed by atoms with E-state index >= 15 is 0 Å². The normalized spacial score (nSPS) is 10.2. The molecule has 1 N–H and O–H groups in total. The number of carboxylic acid groups (broad SMARTS) is 1. The highest BCUT2D eigenvalue weighted by Crippen LogP contribution is 2.21. The molecule has 0 aromatic heterocycles. The Kier molecular flexibility index (Phi) is 4.03. The fourth-order valence-electron chi connectivity index (χ4n) is 2.11. The van der Waals surface area contributed by atoms with E-state index in [9.17, 15) is 14.0 Å². The Morgan fingerprint density at radius 3 is 2.43 bits per heavy atom. The van der Waals surface area contributed by atoms with Crippen LogP contribution in [0.2, 0.25) is 0 Å². The highest BCUT2D eigenvalue weighted by atomic mass is 19.1. The first-order valence-electron chi connectivity index (χ1n) is 6.27. The van der Waals surface area contributed by atoms with Crippen LogP contribution in [0.5, 0.6) is 0 Å². The van der Waals surface area contributed by atoms with Gasteiger partial charge in [-0.2, -0.15) is 0 Å². The summed E-state index contributed by atoms with van der Waals surface area (Å²) in [5.41, 5.74) is 1.08. The zero-order valence-corrected chi connectivity index (χ0v) is 11.6. The van der Waals surface area contributed by atoms with E-state index in [0.29, 0.717) is 5.56 Å². The predicted octanol–water partition coefficient (Wildman–Crippen LogP) is 3.11. The minimum Gasteiger partial charge on any atom is -0.478 e. The average Bonchev–Trinajstić information content (AvgIpc) is 2.44. The molecule has 0 bridgehead atoms. The standard InChI is InChI=1S/C16H14FNO3/c1-10-7-11(9-12(17)8-10)15(19)18(2)14-6-4-3-5-13(14)16(20)21/h3-9H,1-2H3,(H,20,21). The molecule has 108 valence electrons. The maximum Gasteiger partial charge on any atom is 0.337 e. The van der Waals surface area contributed by atoms with Crippen molar-refractivity contribution in [3.8, 4) is 0 Å². The van der Waals surface area contributed by atoms with Crippen molar-refractivity contribution in [2.24, 2.45) is 0 Å². The van der Waals surface area contributed by atoms with Gasteiger partial charge in [0.15, 0.2) is 0 Å². The summed E-state index contributed by atoms with van der Waals surface area (Å²) < 4.78 is 13.4. The van der Waals surface area contributed by atoms with Gasteiger partial charge < -0.3 is 10.0 Å². The maximum absolute atomic E-state index is 13.4. The number of hydrogen-bond donors (Lipinski definition) is 1. The minimum atomic E-state index is -1.12. The molecular weight excluding hydrogens is 273 g/mol. The van der Waals surface area contributed by atoms with Gasteiger partial charge in [0, 0.05) is 12.6 Å². The summed E-state index contributed by atoms with van der Waals surface area (Å²) in [5, 5.41) is 9.16. The molecule has 0 aliphatic heterocycles. The fraction of sp³-hybridized carbons (Fsp3) is 0.125. The van der Waals surface area contributed by atoms with Crippen LogP contribution in [0.3, 0.4) is 0 Å². The highest BCUT2D eigenvalue weighted by Gasteiger charge is 2.19. The van der Waals surface area contributed by atoms with E-state index in [2.05, 4.69) is 0 Å². The molecule has 0 saturated carbocycles. The molecule has 0 saturated heterocycles. The SMILES string of the molecule is Cc1cc(F)cc(C(=O)N(C)c2ccccc2C(=O)O)c1. The second-order valence-electron chi connectivity index (χ2n) is 4.70. The number of carbonyl (C=O) groups is 2. The summed E-state index contributed by atoms with van der Waals surface area (Å²) in [4.78, 5) is 24.8. The van der Waals surface area contributed by atoms with Gasteiger partial charge in [0.05, 0.1) is 11.3 Å². The number of rotatable bonds is 3. The van der Waals surface area contributed by atoms with Gasteiger partial charge in [0.25, 0.3) is 5.91 Å². The average molecular weight is 287 g/mol. The van der Waals surface area contributed by atoms with Crippen molar-refractivity contribution in [2.75, 3.05) is 11.9 Å². The Balaban J connectivity index is 2.42. The van der Waals surface area contributed by atoms with Crippen LogP contribution in [-0.4, -0.2) is 24.0 Å². The molecule has 0 aliphatic carbocycles. The van der Waals surface area contributed by atoms with Crippen molar-refractivity contribution in [3.63, 3.8) is 0 Å². The number of benzene rings is 2. The molecule has 2 aromatic rings. The lowest BCUT2D eigenvalue weighted by Crippen LogP contribution is -2.28. The topological polar surface area (TPSA) is 57.6 Å². The second-order valence-corrected chi connectivity index (χ2v) is 4.70. The number of halogens is 1. The molecule has 0 spiro atoms. The van der Waals surface area contributed by atoms with Gasteiger partial charge in [-0.1, -0.05) is 12.1 Å². The van der Waals surface area contributed by atoms with Crippen molar-refractivity contribution in [2.45, 2.75) is 6.92 Å². The molecule has 2 aromatic carbocycles. The van der Waals surface area contributed by atoms with Gasteiger partial charge in [-0.05, 0) is 42.8 Å². The third-order valence-corrected chi connectivity index (χ3v) is 3.09. The molecular formula is C16H14FNO3. The molecule has 21 heavy (non-hydrogen) atoms. The van der Waals surface area contributed by atoms with Gasteiger partial charge >= 0.3 is 5.97 Å². The molecule has 0 radical (unpaired) electrons. The number of carbonyl (C=O) groups excluding carboxylic acids is 1. The van der Waals surface area contributed by atoms with E-state index in [1.807, 2.05) is 0 Å². The molecule has 0 aliphatic rings. The molecule has 0 heterocycles. The number of nitrogens with zero attached hydrogens (tertiary/aromatic N) is 1. The first-order chi connectivity index (χ1) is 9.90. The Bertz CT molecular complexity index is 692. The fourth-order valence-corrected chi connectivity index (χ4v) is 2.11. The zero-order chi connectivity index (χ0) is 15.6. The molecule has 1 amide bonds. The van der Waals surface area contributed by atoms with E-state index in [1.54, 1.807) is 25.1 Å². The van der Waals surface area contributed by atoms with Crippen molar-refractivity contribution >= 4 is 17.6 Å². The summed E-state index contributed by atoms with van der Waals surface area (Å²) in [6, 6.07) is 10.2. The monoisotopic (exact) mass is 287 g/mol. The summed E-state index contributed by atoms with van der Waals surface area (Å²) in [7, 11) is 1.46. The smallest absolute Gasteiger partial charge is 0.337 e. The second kappa shape index (κ2) is 5.75. The van der Waals surface area contributed by atoms with Crippen LogP contribution in [0.4, 0.5) is 10.1 Å². The van der Waals surface area contributed by atoms with Crippen LogP contribution in [0.1, 0.15) is 26.3 Å². The van der Waals surface area contributed by atoms with Crippen LogP contribution in [0.25, 0.3) is 0 Å². The third kappa shape index (κ3) is 3.08. The molecule has 0 unspecified atom stereocenters. The van der Waals surface area contributed by atoms with Crippen LogP contribution in [0, 0.1) is 12.7 Å². The zero-order valence-electron chi connectivity index (χ0n) is 11.6. The number of aryl methyl sites for hydroxylation is 1.